The summed E-state index contributed by atoms with van der Waals surface area (Å²) >= 11 is 1.34. The van der Waals surface area contributed by atoms with Crippen LogP contribution in [0.25, 0.3) is 0 Å². The van der Waals surface area contributed by atoms with E-state index in [9.17, 15) is 8.42 Å². The van der Waals surface area contributed by atoms with Crippen LogP contribution in [-0.4, -0.2) is 19.8 Å². The van der Waals surface area contributed by atoms with Gasteiger partial charge in [0.25, 0.3) is 10.0 Å². The van der Waals surface area contributed by atoms with Crippen molar-refractivity contribution in [1.29, 1.82) is 0 Å². The van der Waals surface area contributed by atoms with E-state index in [4.69, 9.17) is 0 Å². The summed E-state index contributed by atoms with van der Waals surface area (Å²) in [7, 11) is -1.53. The molecule has 0 aliphatic carbocycles. The minimum absolute atomic E-state index is 0.426. The van der Waals surface area contributed by atoms with Crippen molar-refractivity contribution in [2.75, 3.05) is 7.05 Å². The summed E-state index contributed by atoms with van der Waals surface area (Å²) in [4.78, 5) is 1.03. The third kappa shape index (κ3) is 2.40. The van der Waals surface area contributed by atoms with Crippen LogP contribution in [-0.2, 0) is 29.7 Å². The highest BCUT2D eigenvalue weighted by molar-refractivity contribution is 7.91. The van der Waals surface area contributed by atoms with E-state index < -0.39 is 10.0 Å². The van der Waals surface area contributed by atoms with E-state index in [0.29, 0.717) is 23.8 Å². The van der Waals surface area contributed by atoms with E-state index in [1.165, 1.54) is 11.3 Å². The zero-order valence-corrected chi connectivity index (χ0v) is 12.8. The second-order valence-electron chi connectivity index (χ2n) is 4.79. The largest absolute Gasteiger partial charge is 0.315 e. The molecule has 0 bridgehead atoms. The minimum atomic E-state index is -3.38. The fraction of sp³-hybridized carbons (Fsp3) is 0.286. The van der Waals surface area contributed by atoms with Gasteiger partial charge in [0, 0.05) is 24.5 Å². The first-order valence-electron chi connectivity index (χ1n) is 6.41. The van der Waals surface area contributed by atoms with Crippen LogP contribution >= 0.6 is 11.3 Å². The van der Waals surface area contributed by atoms with Crippen molar-refractivity contribution < 1.29 is 8.42 Å². The third-order valence-corrected chi connectivity index (χ3v) is 6.74. The van der Waals surface area contributed by atoms with Crippen LogP contribution in [0.1, 0.15) is 16.0 Å². The van der Waals surface area contributed by atoms with Crippen LogP contribution in [0, 0.1) is 0 Å². The van der Waals surface area contributed by atoms with E-state index in [-0.39, 0.29) is 0 Å². The lowest BCUT2D eigenvalue weighted by Gasteiger charge is -2.13. The molecule has 3 rings (SSSR count). The Hall–Kier alpha value is -1.21. The predicted molar refractivity (Wildman–Crippen MR) is 80.0 cm³/mol. The lowest BCUT2D eigenvalue weighted by atomic mass is 10.1. The lowest BCUT2D eigenvalue weighted by molar-refractivity contribution is 0.433. The second kappa shape index (κ2) is 5.29. The van der Waals surface area contributed by atoms with Gasteiger partial charge in [-0.3, -0.25) is 0 Å². The Morgan fingerprint density at radius 1 is 1.15 bits per heavy atom. The minimum Gasteiger partial charge on any atom is -0.315 e. The van der Waals surface area contributed by atoms with E-state index in [0.717, 1.165) is 16.0 Å². The topological polar surface area (TPSA) is 49.4 Å². The molecule has 0 unspecified atom stereocenters. The Morgan fingerprint density at radius 3 is 2.40 bits per heavy atom. The quantitative estimate of drug-likeness (QED) is 0.942. The van der Waals surface area contributed by atoms with Gasteiger partial charge in [-0.25, -0.2) is 8.42 Å². The van der Waals surface area contributed by atoms with Crippen molar-refractivity contribution in [2.45, 2.75) is 23.8 Å². The van der Waals surface area contributed by atoms with Gasteiger partial charge in [0.1, 0.15) is 4.21 Å². The maximum atomic E-state index is 12.6. The first-order valence-corrected chi connectivity index (χ1v) is 8.67. The van der Waals surface area contributed by atoms with Gasteiger partial charge in [0.2, 0.25) is 0 Å². The van der Waals surface area contributed by atoms with Crippen molar-refractivity contribution >= 4 is 21.4 Å². The Kier molecular flexibility index (Phi) is 3.64. The number of thiophene rings is 1. The zero-order valence-electron chi connectivity index (χ0n) is 11.2. The Bertz CT molecular complexity index is 697. The summed E-state index contributed by atoms with van der Waals surface area (Å²) in [6.45, 7) is 1.63. The number of benzene rings is 1. The number of nitrogens with one attached hydrogen (secondary N) is 1. The maximum Gasteiger partial charge on any atom is 0.253 e. The Balaban J connectivity index is 1.86. The van der Waals surface area contributed by atoms with Gasteiger partial charge in [-0.05, 0) is 30.3 Å². The van der Waals surface area contributed by atoms with E-state index in [2.05, 4.69) is 5.32 Å². The molecule has 1 aromatic heterocycles. The molecule has 106 valence electrons. The van der Waals surface area contributed by atoms with Crippen LogP contribution in [0.5, 0.6) is 0 Å². The van der Waals surface area contributed by atoms with Gasteiger partial charge in [-0.1, -0.05) is 24.3 Å². The van der Waals surface area contributed by atoms with E-state index >= 15 is 0 Å². The summed E-state index contributed by atoms with van der Waals surface area (Å²) in [5, 5.41) is 3.03. The van der Waals surface area contributed by atoms with Crippen LogP contribution in [0.3, 0.4) is 0 Å². The lowest BCUT2D eigenvalue weighted by Crippen LogP contribution is -2.24. The molecular weight excluding hydrogens is 292 g/mol. The average Bonchev–Trinajstić information content (AvgIpc) is 3.05. The van der Waals surface area contributed by atoms with E-state index in [1.807, 2.05) is 37.4 Å². The van der Waals surface area contributed by atoms with Crippen LogP contribution < -0.4 is 5.32 Å². The second-order valence-corrected chi connectivity index (χ2v) is 8.13. The standard InChI is InChI=1S/C14H16N2O2S2/c1-15-8-13-6-7-14(19-13)20(17,18)16-9-11-4-2-3-5-12(11)10-16/h2-7,15H,8-10H2,1H3. The normalized spacial score (nSPS) is 15.4. The summed E-state index contributed by atoms with van der Waals surface area (Å²) in [6, 6.07) is 11.5. The molecule has 0 spiro atoms. The molecule has 1 aliphatic rings. The fourth-order valence-corrected chi connectivity index (χ4v) is 5.28. The molecule has 0 atom stereocenters. The number of sulfonamides is 1. The highest BCUT2D eigenvalue weighted by Gasteiger charge is 2.31. The molecular formula is C14H16N2O2S2. The third-order valence-electron chi connectivity index (χ3n) is 3.39. The SMILES string of the molecule is CNCc1ccc(S(=O)(=O)N2Cc3ccccc3C2)s1. The Morgan fingerprint density at radius 2 is 1.80 bits per heavy atom. The van der Waals surface area contributed by atoms with E-state index in [1.54, 1.807) is 10.4 Å². The number of rotatable bonds is 4. The Labute approximate surface area is 123 Å². The molecule has 0 radical (unpaired) electrons. The number of hydrogen-bond acceptors (Lipinski definition) is 4. The summed E-state index contributed by atoms with van der Waals surface area (Å²) in [6.07, 6.45) is 0. The van der Waals surface area contributed by atoms with Crippen LogP contribution in [0.2, 0.25) is 0 Å². The van der Waals surface area contributed by atoms with Crippen molar-refractivity contribution in [2.24, 2.45) is 0 Å². The van der Waals surface area contributed by atoms with Crippen molar-refractivity contribution in [3.8, 4) is 0 Å². The molecule has 0 amide bonds. The monoisotopic (exact) mass is 308 g/mol. The smallest absolute Gasteiger partial charge is 0.253 e. The van der Waals surface area contributed by atoms with Crippen molar-refractivity contribution in [1.82, 2.24) is 9.62 Å². The molecule has 4 nitrogen and oxygen atoms in total. The number of fused-ring (bicyclic) bond motifs is 1. The highest BCUT2D eigenvalue weighted by Crippen LogP contribution is 2.31. The van der Waals surface area contributed by atoms with Gasteiger partial charge in [0.05, 0.1) is 0 Å². The first-order chi connectivity index (χ1) is 9.61. The summed E-state index contributed by atoms with van der Waals surface area (Å²) in [5.74, 6) is 0. The van der Waals surface area contributed by atoms with Gasteiger partial charge < -0.3 is 5.32 Å². The van der Waals surface area contributed by atoms with Crippen LogP contribution in [0.15, 0.2) is 40.6 Å². The number of nitrogens with zero attached hydrogens (tertiary/aromatic N) is 1. The first kappa shape index (κ1) is 13.8. The average molecular weight is 308 g/mol. The number of hydrogen-bond donors (Lipinski definition) is 1. The molecule has 0 saturated carbocycles. The maximum absolute atomic E-state index is 12.6. The molecule has 1 aliphatic heterocycles. The van der Waals surface area contributed by atoms with Crippen molar-refractivity contribution in [3.63, 3.8) is 0 Å². The molecule has 1 aromatic carbocycles. The molecule has 6 heteroatoms. The van der Waals surface area contributed by atoms with Gasteiger partial charge in [-0.15, -0.1) is 11.3 Å². The van der Waals surface area contributed by atoms with Gasteiger partial charge in [0.15, 0.2) is 0 Å². The molecule has 0 saturated heterocycles. The molecule has 1 N–H and O–H groups in total. The van der Waals surface area contributed by atoms with Crippen LogP contribution in [0.4, 0.5) is 0 Å². The van der Waals surface area contributed by atoms with Gasteiger partial charge in [-0.2, -0.15) is 4.31 Å². The summed E-state index contributed by atoms with van der Waals surface area (Å²) in [5.41, 5.74) is 2.20. The zero-order chi connectivity index (χ0) is 14.2. The van der Waals surface area contributed by atoms with Crippen molar-refractivity contribution in [3.05, 3.63) is 52.4 Å². The van der Waals surface area contributed by atoms with Gasteiger partial charge >= 0.3 is 0 Å². The molecule has 0 fully saturated rings. The molecule has 20 heavy (non-hydrogen) atoms. The fourth-order valence-electron chi connectivity index (χ4n) is 2.37. The molecule has 2 aromatic rings. The predicted octanol–water partition coefficient (Wildman–Crippen LogP) is 2.17. The molecule has 2 heterocycles. The summed E-state index contributed by atoms with van der Waals surface area (Å²) < 4.78 is 27.2. The highest BCUT2D eigenvalue weighted by atomic mass is 32.2.